The van der Waals surface area contributed by atoms with Crippen molar-refractivity contribution in [2.24, 2.45) is 5.92 Å². The fourth-order valence-corrected chi connectivity index (χ4v) is 2.18. The van der Waals surface area contributed by atoms with E-state index >= 15 is 0 Å². The number of aliphatic carboxylic acids is 1. The van der Waals surface area contributed by atoms with E-state index in [-0.39, 0.29) is 24.8 Å². The number of carbonyl (C=O) groups excluding carboxylic acids is 2. The maximum atomic E-state index is 12.3. The van der Waals surface area contributed by atoms with E-state index < -0.39 is 17.9 Å². The molecule has 1 aromatic carbocycles. The molecule has 0 spiro atoms. The first-order valence-corrected chi connectivity index (χ1v) is 7.75. The number of carboxylic acid groups (broad SMARTS) is 1. The van der Waals surface area contributed by atoms with E-state index in [4.69, 9.17) is 16.7 Å². The van der Waals surface area contributed by atoms with Crippen LogP contribution in [0.25, 0.3) is 0 Å². The third kappa shape index (κ3) is 6.28. The number of halogens is 1. The molecule has 6 nitrogen and oxygen atoms in total. The smallest absolute Gasteiger partial charge is 0.303 e. The van der Waals surface area contributed by atoms with Crippen molar-refractivity contribution in [3.05, 3.63) is 34.9 Å². The molecule has 1 aromatic rings. The molecule has 0 saturated carbocycles. The van der Waals surface area contributed by atoms with Crippen LogP contribution >= 0.6 is 11.6 Å². The molecular formula is C16H21ClN2O4. The van der Waals surface area contributed by atoms with Gasteiger partial charge in [0.1, 0.15) is 6.04 Å². The molecule has 1 atom stereocenters. The van der Waals surface area contributed by atoms with Crippen LogP contribution in [0.3, 0.4) is 0 Å². The van der Waals surface area contributed by atoms with Crippen LogP contribution in [0.15, 0.2) is 24.3 Å². The summed E-state index contributed by atoms with van der Waals surface area (Å²) in [6.07, 6.45) is 0.322. The molecule has 7 heteroatoms. The zero-order valence-electron chi connectivity index (χ0n) is 13.1. The van der Waals surface area contributed by atoms with Crippen LogP contribution in [0.1, 0.15) is 37.0 Å². The molecule has 0 fully saturated rings. The molecule has 1 unspecified atom stereocenters. The van der Waals surface area contributed by atoms with Gasteiger partial charge in [0.2, 0.25) is 5.91 Å². The molecule has 0 heterocycles. The van der Waals surface area contributed by atoms with Gasteiger partial charge in [0.15, 0.2) is 0 Å². The number of rotatable bonds is 8. The molecule has 0 saturated heterocycles. The Morgan fingerprint density at radius 2 is 1.87 bits per heavy atom. The van der Waals surface area contributed by atoms with Gasteiger partial charge in [-0.3, -0.25) is 14.4 Å². The molecule has 1 rings (SSSR count). The molecule has 23 heavy (non-hydrogen) atoms. The first-order chi connectivity index (χ1) is 10.8. The Balaban J connectivity index is 2.64. The maximum absolute atomic E-state index is 12.3. The van der Waals surface area contributed by atoms with Gasteiger partial charge >= 0.3 is 5.97 Å². The first-order valence-electron chi connectivity index (χ1n) is 7.37. The highest BCUT2D eigenvalue weighted by Crippen LogP contribution is 2.15. The minimum Gasteiger partial charge on any atom is -0.481 e. The van der Waals surface area contributed by atoms with Gasteiger partial charge in [-0.1, -0.05) is 37.6 Å². The number of carbonyl (C=O) groups is 3. The number of hydrogen-bond donors (Lipinski definition) is 3. The van der Waals surface area contributed by atoms with Crippen molar-refractivity contribution in [3.63, 3.8) is 0 Å². The van der Waals surface area contributed by atoms with Crippen LogP contribution in [0, 0.1) is 5.92 Å². The maximum Gasteiger partial charge on any atom is 0.303 e. The minimum atomic E-state index is -0.910. The fraction of sp³-hybridized carbons (Fsp3) is 0.438. The van der Waals surface area contributed by atoms with Crippen LogP contribution < -0.4 is 10.6 Å². The molecular weight excluding hydrogens is 320 g/mol. The SMILES string of the molecule is CC(C)C(NC(=O)c1ccccc1Cl)C(=O)NCCCC(=O)O. The molecule has 0 aliphatic carbocycles. The topological polar surface area (TPSA) is 95.5 Å². The zero-order chi connectivity index (χ0) is 17.4. The van der Waals surface area contributed by atoms with Gasteiger partial charge in [-0.05, 0) is 24.5 Å². The van der Waals surface area contributed by atoms with Crippen molar-refractivity contribution in [2.45, 2.75) is 32.7 Å². The Morgan fingerprint density at radius 3 is 2.43 bits per heavy atom. The van der Waals surface area contributed by atoms with Crippen LogP contribution in [0.5, 0.6) is 0 Å². The molecule has 0 aliphatic heterocycles. The standard InChI is InChI=1S/C16H21ClN2O4/c1-10(2)14(16(23)18-9-5-8-13(20)21)19-15(22)11-6-3-4-7-12(11)17/h3-4,6-7,10,14H,5,8-9H2,1-2H3,(H,18,23)(H,19,22)(H,20,21). The summed E-state index contributed by atoms with van der Waals surface area (Å²) in [4.78, 5) is 34.9. The van der Waals surface area contributed by atoms with Gasteiger partial charge in [-0.2, -0.15) is 0 Å². The number of benzene rings is 1. The van der Waals surface area contributed by atoms with Crippen LogP contribution in [-0.4, -0.2) is 35.5 Å². The molecule has 0 bridgehead atoms. The van der Waals surface area contributed by atoms with Crippen LogP contribution in [0.2, 0.25) is 5.02 Å². The summed E-state index contributed by atoms with van der Waals surface area (Å²) < 4.78 is 0. The predicted octanol–water partition coefficient (Wildman–Crippen LogP) is 2.08. The molecule has 2 amide bonds. The van der Waals surface area contributed by atoms with Crippen molar-refractivity contribution in [3.8, 4) is 0 Å². The summed E-state index contributed by atoms with van der Waals surface area (Å²) in [5.41, 5.74) is 0.304. The van der Waals surface area contributed by atoms with E-state index in [1.165, 1.54) is 0 Å². The van der Waals surface area contributed by atoms with Crippen molar-refractivity contribution in [1.29, 1.82) is 0 Å². The third-order valence-corrected chi connectivity index (χ3v) is 3.55. The highest BCUT2D eigenvalue weighted by molar-refractivity contribution is 6.33. The third-order valence-electron chi connectivity index (χ3n) is 3.22. The molecule has 126 valence electrons. The van der Waals surface area contributed by atoms with Gasteiger partial charge in [0, 0.05) is 13.0 Å². The Morgan fingerprint density at radius 1 is 1.22 bits per heavy atom. The average Bonchev–Trinajstić information content (AvgIpc) is 2.48. The van der Waals surface area contributed by atoms with Gasteiger partial charge < -0.3 is 15.7 Å². The Hall–Kier alpha value is -2.08. The zero-order valence-corrected chi connectivity index (χ0v) is 13.9. The van der Waals surface area contributed by atoms with Gasteiger partial charge in [0.25, 0.3) is 5.91 Å². The summed E-state index contributed by atoms with van der Waals surface area (Å²) in [5, 5.41) is 14.2. The van der Waals surface area contributed by atoms with Crippen molar-refractivity contribution < 1.29 is 19.5 Å². The lowest BCUT2D eigenvalue weighted by molar-refractivity contribution is -0.137. The highest BCUT2D eigenvalue weighted by atomic mass is 35.5. The van der Waals surface area contributed by atoms with Gasteiger partial charge in [-0.15, -0.1) is 0 Å². The number of nitrogens with one attached hydrogen (secondary N) is 2. The van der Waals surface area contributed by atoms with Crippen molar-refractivity contribution >= 4 is 29.4 Å². The quantitative estimate of drug-likeness (QED) is 0.631. The largest absolute Gasteiger partial charge is 0.481 e. The van der Waals surface area contributed by atoms with E-state index in [1.807, 2.05) is 13.8 Å². The lowest BCUT2D eigenvalue weighted by atomic mass is 10.0. The van der Waals surface area contributed by atoms with Crippen LogP contribution in [-0.2, 0) is 9.59 Å². The second kappa shape index (κ2) is 9.15. The average molecular weight is 341 g/mol. The highest BCUT2D eigenvalue weighted by Gasteiger charge is 2.25. The summed E-state index contributed by atoms with van der Waals surface area (Å²) in [5.74, 6) is -1.80. The van der Waals surface area contributed by atoms with Crippen molar-refractivity contribution in [2.75, 3.05) is 6.54 Å². The Labute approximate surface area is 140 Å². The second-order valence-corrected chi connectivity index (χ2v) is 5.87. The molecule has 0 aliphatic rings. The molecule has 3 N–H and O–H groups in total. The first kappa shape index (κ1) is 19.0. The molecule has 0 aromatic heterocycles. The minimum absolute atomic E-state index is 0.0153. The van der Waals surface area contributed by atoms with Gasteiger partial charge in [-0.25, -0.2) is 0 Å². The summed E-state index contributed by atoms with van der Waals surface area (Å²) >= 11 is 5.98. The normalized spacial score (nSPS) is 11.8. The summed E-state index contributed by atoms with van der Waals surface area (Å²) in [6, 6.07) is 5.88. The van der Waals surface area contributed by atoms with Crippen molar-refractivity contribution in [1.82, 2.24) is 10.6 Å². The van der Waals surface area contributed by atoms with E-state index in [1.54, 1.807) is 24.3 Å². The Bertz CT molecular complexity index is 575. The molecule has 0 radical (unpaired) electrons. The van der Waals surface area contributed by atoms with Crippen LogP contribution in [0.4, 0.5) is 0 Å². The monoisotopic (exact) mass is 340 g/mol. The number of hydrogen-bond acceptors (Lipinski definition) is 3. The summed E-state index contributed by atoms with van der Waals surface area (Å²) in [6.45, 7) is 3.87. The predicted molar refractivity (Wildman–Crippen MR) is 87.4 cm³/mol. The lowest BCUT2D eigenvalue weighted by Crippen LogP contribution is -2.50. The second-order valence-electron chi connectivity index (χ2n) is 5.46. The summed E-state index contributed by atoms with van der Waals surface area (Å²) in [7, 11) is 0. The van der Waals surface area contributed by atoms with E-state index in [9.17, 15) is 14.4 Å². The number of amides is 2. The Kier molecular flexibility index (Phi) is 7.54. The van der Waals surface area contributed by atoms with E-state index in [2.05, 4.69) is 10.6 Å². The fourth-order valence-electron chi connectivity index (χ4n) is 1.96. The lowest BCUT2D eigenvalue weighted by Gasteiger charge is -2.22. The van der Waals surface area contributed by atoms with E-state index in [0.29, 0.717) is 17.0 Å². The number of carboxylic acids is 1. The van der Waals surface area contributed by atoms with E-state index in [0.717, 1.165) is 0 Å². The van der Waals surface area contributed by atoms with Gasteiger partial charge in [0.05, 0.1) is 10.6 Å².